The van der Waals surface area contributed by atoms with Crippen LogP contribution in [0.2, 0.25) is 0 Å². The molecule has 17 nitrogen and oxygen atoms in total. The molecule has 0 aliphatic rings. The number of rotatable bonds is 67. The highest BCUT2D eigenvalue weighted by atomic mass is 31.2. The van der Waals surface area contributed by atoms with Gasteiger partial charge in [0.2, 0.25) is 0 Å². The fraction of sp³-hybridized carbons (Fsp3) is 0.707. The van der Waals surface area contributed by atoms with Crippen LogP contribution >= 0.6 is 15.6 Å². The van der Waals surface area contributed by atoms with Crippen LogP contribution in [0.1, 0.15) is 285 Å². The molecule has 94 heavy (non-hydrogen) atoms. The summed E-state index contributed by atoms with van der Waals surface area (Å²) in [6.45, 7) is 4.47. The van der Waals surface area contributed by atoms with Crippen molar-refractivity contribution in [3.63, 3.8) is 0 Å². The Bertz CT molecular complexity index is 2220. The summed E-state index contributed by atoms with van der Waals surface area (Å²) in [6, 6.07) is 0. The number of carbonyl (C=O) groups is 4. The lowest BCUT2D eigenvalue weighted by molar-refractivity contribution is -0.161. The predicted octanol–water partition coefficient (Wildman–Crippen LogP) is 20.2. The first-order valence-electron chi connectivity index (χ1n) is 36.1. The van der Waals surface area contributed by atoms with Gasteiger partial charge < -0.3 is 33.8 Å². The second-order valence-electron chi connectivity index (χ2n) is 23.8. The Morgan fingerprint density at radius 3 is 0.947 bits per heavy atom. The molecular formula is C75H128O17P2. The fourth-order valence-electron chi connectivity index (χ4n) is 9.34. The molecule has 0 saturated heterocycles. The number of unbranched alkanes of at least 4 members (excludes halogenated alkanes) is 24. The molecule has 0 heterocycles. The van der Waals surface area contributed by atoms with E-state index in [1.165, 1.54) is 89.9 Å². The zero-order valence-corrected chi connectivity index (χ0v) is 60.4. The van der Waals surface area contributed by atoms with Crippen molar-refractivity contribution in [2.45, 2.75) is 303 Å². The number of hydrogen-bond acceptors (Lipinski definition) is 15. The number of carbonyl (C=O) groups excluding carboxylic acids is 4. The van der Waals surface area contributed by atoms with E-state index in [4.69, 9.17) is 37.0 Å². The van der Waals surface area contributed by atoms with Gasteiger partial charge >= 0.3 is 39.5 Å². The van der Waals surface area contributed by atoms with Crippen molar-refractivity contribution in [1.29, 1.82) is 0 Å². The summed E-state index contributed by atoms with van der Waals surface area (Å²) < 4.78 is 68.1. The highest BCUT2D eigenvalue weighted by Crippen LogP contribution is 2.45. The third-order valence-corrected chi connectivity index (χ3v) is 16.7. The molecule has 3 N–H and O–H groups in total. The van der Waals surface area contributed by atoms with Crippen LogP contribution in [0.25, 0.3) is 0 Å². The van der Waals surface area contributed by atoms with E-state index in [0.717, 1.165) is 116 Å². The van der Waals surface area contributed by atoms with E-state index in [1.807, 2.05) is 18.2 Å². The number of hydrogen-bond donors (Lipinski definition) is 3. The Hall–Kier alpha value is -4.28. The molecule has 0 radical (unpaired) electrons. The van der Waals surface area contributed by atoms with E-state index >= 15 is 0 Å². The molecular weight excluding hydrogens is 1230 g/mol. The zero-order chi connectivity index (χ0) is 69.0. The predicted molar refractivity (Wildman–Crippen MR) is 381 cm³/mol. The van der Waals surface area contributed by atoms with Crippen molar-refractivity contribution in [1.82, 2.24) is 0 Å². The number of esters is 4. The third-order valence-electron chi connectivity index (χ3n) is 14.8. The Morgan fingerprint density at radius 2 is 0.596 bits per heavy atom. The molecule has 0 fully saturated rings. The van der Waals surface area contributed by atoms with Crippen LogP contribution in [0.15, 0.2) is 109 Å². The second kappa shape index (κ2) is 67.3. The van der Waals surface area contributed by atoms with Crippen LogP contribution in [-0.4, -0.2) is 96.7 Å². The summed E-state index contributed by atoms with van der Waals surface area (Å²) in [5, 5.41) is 10.6. The topological polar surface area (TPSA) is 237 Å². The standard InChI is InChI=1S/C75H128O17P2/c1-5-9-13-17-21-25-29-32-34-37-40-43-47-51-55-59-72(77)85-65-70(91-74(79)61-57-53-49-45-39-28-24-20-16-12-8-4)67-89-93(81,82)87-63-69(76)64-88-94(83,84)90-68-71(92-75(80)62-58-54-50-46-42-36-31-27-23-19-15-11-7-3)66-86-73(78)60-56-52-48-44-41-38-35-33-30-26-22-18-14-10-6-2/h9-10,13-14,21-22,25-26,32-35,40-41,43-44,52,56,69-71,76H,5-8,11-12,15-20,23-24,27-31,36-39,42,45-51,53-55,57-68H2,1-4H3,(H,81,82)(H,83,84)/b13-9-,14-10-,25-21-,26-22-,34-32-,35-33-,43-40-,44-41-,56-52-. The van der Waals surface area contributed by atoms with Crippen molar-refractivity contribution < 1.29 is 80.2 Å². The van der Waals surface area contributed by atoms with E-state index < -0.39 is 97.5 Å². The van der Waals surface area contributed by atoms with E-state index in [-0.39, 0.29) is 25.7 Å². The molecule has 5 unspecified atom stereocenters. The molecule has 19 heteroatoms. The summed E-state index contributed by atoms with van der Waals surface area (Å²) in [7, 11) is -9.97. The van der Waals surface area contributed by atoms with Crippen molar-refractivity contribution in [3.8, 4) is 0 Å². The molecule has 0 aliphatic heterocycles. The summed E-state index contributed by atoms with van der Waals surface area (Å²) in [5.74, 6) is -2.36. The van der Waals surface area contributed by atoms with Crippen LogP contribution in [0.4, 0.5) is 0 Å². The number of aliphatic hydroxyl groups is 1. The SMILES string of the molecule is CC/C=C\C/C=C\C/C=C\C/C=C\C/C=C\CC(=O)OCC(COP(=O)(O)OCC(O)COP(=O)(O)OCC(COC(=O)CCCC/C=C\C/C=C\C/C=C\C/C=C\CC)OC(=O)CCCCCCCCCCCCC)OC(=O)CCCCCCCCCCCCCCC. The summed E-state index contributed by atoms with van der Waals surface area (Å²) >= 11 is 0. The number of aliphatic hydroxyl groups excluding tert-OH is 1. The summed E-state index contributed by atoms with van der Waals surface area (Å²) in [6.07, 6.45) is 69.9. The maximum Gasteiger partial charge on any atom is 0.472 e. The quantitative estimate of drug-likeness (QED) is 0.0169. The maximum atomic E-state index is 13.0. The zero-order valence-electron chi connectivity index (χ0n) is 58.6. The van der Waals surface area contributed by atoms with E-state index in [9.17, 15) is 43.2 Å². The molecule has 5 atom stereocenters. The second-order valence-corrected chi connectivity index (χ2v) is 26.7. The molecule has 0 aromatic rings. The van der Waals surface area contributed by atoms with Crippen molar-refractivity contribution in [2.75, 3.05) is 39.6 Å². The minimum Gasteiger partial charge on any atom is -0.462 e. The summed E-state index contributed by atoms with van der Waals surface area (Å²) in [5.41, 5.74) is 0. The van der Waals surface area contributed by atoms with E-state index in [2.05, 4.69) is 113 Å². The fourth-order valence-corrected chi connectivity index (χ4v) is 10.9. The average molecular weight is 1360 g/mol. The van der Waals surface area contributed by atoms with Gasteiger partial charge in [-0.25, -0.2) is 9.13 Å². The van der Waals surface area contributed by atoms with Gasteiger partial charge in [0, 0.05) is 19.3 Å². The Balaban J connectivity index is 5.41. The smallest absolute Gasteiger partial charge is 0.462 e. The van der Waals surface area contributed by atoms with Crippen molar-refractivity contribution >= 4 is 39.5 Å². The Labute approximate surface area is 569 Å². The van der Waals surface area contributed by atoms with Crippen molar-refractivity contribution in [3.05, 3.63) is 109 Å². The lowest BCUT2D eigenvalue weighted by Crippen LogP contribution is -2.30. The molecule has 0 rings (SSSR count). The minimum absolute atomic E-state index is 0.0701. The van der Waals surface area contributed by atoms with E-state index in [1.54, 1.807) is 6.08 Å². The van der Waals surface area contributed by atoms with Gasteiger partial charge in [0.1, 0.15) is 19.3 Å². The van der Waals surface area contributed by atoms with Crippen LogP contribution < -0.4 is 0 Å². The van der Waals surface area contributed by atoms with Gasteiger partial charge in [-0.15, -0.1) is 0 Å². The van der Waals surface area contributed by atoms with Crippen LogP contribution in [-0.2, 0) is 65.4 Å². The van der Waals surface area contributed by atoms with Gasteiger partial charge in [-0.1, -0.05) is 278 Å². The minimum atomic E-state index is -4.99. The third kappa shape index (κ3) is 66.3. The number of phosphoric ester groups is 2. The number of allylic oxidation sites excluding steroid dienone is 17. The highest BCUT2D eigenvalue weighted by Gasteiger charge is 2.30. The lowest BCUT2D eigenvalue weighted by atomic mass is 10.0. The number of phosphoric acid groups is 2. The van der Waals surface area contributed by atoms with Gasteiger partial charge in [-0.3, -0.25) is 37.3 Å². The van der Waals surface area contributed by atoms with Crippen LogP contribution in [0.5, 0.6) is 0 Å². The normalized spacial score (nSPS) is 14.7. The van der Waals surface area contributed by atoms with Gasteiger partial charge in [-0.05, 0) is 89.9 Å². The van der Waals surface area contributed by atoms with Crippen LogP contribution in [0, 0.1) is 0 Å². The monoisotopic (exact) mass is 1360 g/mol. The maximum absolute atomic E-state index is 13.0. The average Bonchev–Trinajstić information content (AvgIpc) is 1.55. The van der Waals surface area contributed by atoms with Gasteiger partial charge in [0.05, 0.1) is 32.8 Å². The first kappa shape index (κ1) is 89.7. The molecule has 0 spiro atoms. The molecule has 0 saturated carbocycles. The van der Waals surface area contributed by atoms with Crippen molar-refractivity contribution in [2.24, 2.45) is 0 Å². The summed E-state index contributed by atoms with van der Waals surface area (Å²) in [4.78, 5) is 72.5. The molecule has 540 valence electrons. The Morgan fingerprint density at radius 1 is 0.319 bits per heavy atom. The molecule has 0 aromatic heterocycles. The van der Waals surface area contributed by atoms with Gasteiger partial charge in [0.25, 0.3) is 0 Å². The number of ether oxygens (including phenoxy) is 4. The first-order chi connectivity index (χ1) is 45.7. The molecule has 0 bridgehead atoms. The van der Waals surface area contributed by atoms with E-state index in [0.29, 0.717) is 25.7 Å². The first-order valence-corrected chi connectivity index (χ1v) is 39.1. The van der Waals surface area contributed by atoms with Gasteiger partial charge in [-0.2, -0.15) is 0 Å². The lowest BCUT2D eigenvalue weighted by Gasteiger charge is -2.21. The highest BCUT2D eigenvalue weighted by molar-refractivity contribution is 7.47. The Kier molecular flexibility index (Phi) is 64.2. The van der Waals surface area contributed by atoms with Crippen LogP contribution in [0.3, 0.4) is 0 Å². The molecule has 0 aromatic carbocycles. The largest absolute Gasteiger partial charge is 0.472 e. The van der Waals surface area contributed by atoms with Gasteiger partial charge in [0.15, 0.2) is 12.2 Å². The molecule has 0 amide bonds. The molecule has 0 aliphatic carbocycles.